The highest BCUT2D eigenvalue weighted by Crippen LogP contribution is 2.50. The highest BCUT2D eigenvalue weighted by Gasteiger charge is 2.47. The number of hydrogen-bond acceptors (Lipinski definition) is 4. The molecule has 3 atom stereocenters. The molecule has 5 heteroatoms. The average molecular weight is 383 g/mol. The predicted octanol–water partition coefficient (Wildman–Crippen LogP) is 5.37. The van der Waals surface area contributed by atoms with Gasteiger partial charge < -0.3 is 9.47 Å². The number of rotatable bonds is 4. The molecule has 0 saturated carbocycles. The quantitative estimate of drug-likeness (QED) is 0.713. The third-order valence-electron chi connectivity index (χ3n) is 6.20. The molecular weight excluding hydrogens is 352 g/mol. The monoisotopic (exact) mass is 382 g/mol. The van der Waals surface area contributed by atoms with Gasteiger partial charge in [0.15, 0.2) is 5.17 Å². The Hall–Kier alpha value is -1.75. The smallest absolute Gasteiger partial charge is 0.160 e. The molecule has 0 amide bonds. The molecule has 0 N–H and O–H groups in total. The standard InChI is InChI=1S/C22H30N4S/c1-7-17-12-27-22-24-20(18-10-8-9-11-23-18)21(26(17)22)19-14(4)15(5)25(13(2)3)16(19)6/h8-11,13,17,20-21H,7,12H2,1-6H3/t17-,20+,21+/m1/s1. The molecule has 4 rings (SSSR count). The van der Waals surface area contributed by atoms with E-state index in [-0.39, 0.29) is 12.1 Å². The predicted molar refractivity (Wildman–Crippen MR) is 115 cm³/mol. The number of hydrogen-bond donors (Lipinski definition) is 0. The Kier molecular flexibility index (Phi) is 4.83. The maximum absolute atomic E-state index is 5.18. The van der Waals surface area contributed by atoms with Crippen molar-refractivity contribution >= 4 is 16.9 Å². The van der Waals surface area contributed by atoms with Crippen molar-refractivity contribution in [2.45, 2.75) is 72.1 Å². The fourth-order valence-corrected chi connectivity index (χ4v) is 6.24. The molecule has 0 unspecified atom stereocenters. The van der Waals surface area contributed by atoms with E-state index in [2.05, 4.69) is 68.1 Å². The molecule has 2 aliphatic rings. The first kappa shape index (κ1) is 18.6. The van der Waals surface area contributed by atoms with Gasteiger partial charge in [-0.05, 0) is 58.7 Å². The van der Waals surface area contributed by atoms with Crippen molar-refractivity contribution in [2.24, 2.45) is 4.99 Å². The van der Waals surface area contributed by atoms with Gasteiger partial charge in [-0.15, -0.1) is 0 Å². The third-order valence-corrected chi connectivity index (χ3v) is 7.33. The SMILES string of the molecule is CC[C@@H]1CSC2=N[C@@H](c3ccccn3)[C@H](c3c(C)c(C)n(C(C)C)c3C)N21. The van der Waals surface area contributed by atoms with E-state index in [9.17, 15) is 0 Å². The minimum atomic E-state index is 0.0721. The molecule has 0 spiro atoms. The minimum Gasteiger partial charge on any atom is -0.346 e. The fourth-order valence-electron chi connectivity index (χ4n) is 4.90. The van der Waals surface area contributed by atoms with Crippen molar-refractivity contribution in [3.63, 3.8) is 0 Å². The van der Waals surface area contributed by atoms with Crippen molar-refractivity contribution in [1.82, 2.24) is 14.5 Å². The second-order valence-corrected chi connectivity index (χ2v) is 9.00. The van der Waals surface area contributed by atoms with Gasteiger partial charge in [0, 0.05) is 41.0 Å². The summed E-state index contributed by atoms with van der Waals surface area (Å²) in [4.78, 5) is 12.5. The molecular formula is C22H30N4S. The van der Waals surface area contributed by atoms with Gasteiger partial charge in [-0.2, -0.15) is 0 Å². The lowest BCUT2D eigenvalue weighted by Crippen LogP contribution is -2.35. The van der Waals surface area contributed by atoms with E-state index in [0.29, 0.717) is 12.1 Å². The zero-order valence-electron chi connectivity index (χ0n) is 17.2. The summed E-state index contributed by atoms with van der Waals surface area (Å²) in [5.74, 6) is 1.14. The number of aromatic nitrogens is 2. The van der Waals surface area contributed by atoms with Gasteiger partial charge in [-0.25, -0.2) is 0 Å². The summed E-state index contributed by atoms with van der Waals surface area (Å²) in [7, 11) is 0. The molecule has 2 aliphatic heterocycles. The van der Waals surface area contributed by atoms with Gasteiger partial charge in [0.05, 0.1) is 11.7 Å². The molecule has 1 saturated heterocycles. The van der Waals surface area contributed by atoms with Gasteiger partial charge in [0.1, 0.15) is 6.04 Å². The summed E-state index contributed by atoms with van der Waals surface area (Å²) >= 11 is 1.91. The van der Waals surface area contributed by atoms with Gasteiger partial charge in [0.2, 0.25) is 0 Å². The molecule has 0 bridgehead atoms. The number of fused-ring (bicyclic) bond motifs is 1. The van der Waals surface area contributed by atoms with Crippen molar-refractivity contribution in [1.29, 1.82) is 0 Å². The van der Waals surface area contributed by atoms with Crippen molar-refractivity contribution < 1.29 is 0 Å². The summed E-state index contributed by atoms with van der Waals surface area (Å²) in [6, 6.07) is 7.53. The second kappa shape index (κ2) is 7.01. The lowest BCUT2D eigenvalue weighted by atomic mass is 9.92. The Labute approximate surface area is 167 Å². The van der Waals surface area contributed by atoms with Crippen LogP contribution in [0.15, 0.2) is 29.4 Å². The van der Waals surface area contributed by atoms with Gasteiger partial charge in [-0.1, -0.05) is 24.8 Å². The highest BCUT2D eigenvalue weighted by molar-refractivity contribution is 8.14. The van der Waals surface area contributed by atoms with Crippen LogP contribution in [-0.4, -0.2) is 31.4 Å². The summed E-state index contributed by atoms with van der Waals surface area (Å²) in [5.41, 5.74) is 6.71. The van der Waals surface area contributed by atoms with E-state index in [4.69, 9.17) is 4.99 Å². The summed E-state index contributed by atoms with van der Waals surface area (Å²) in [5, 5.41) is 1.20. The molecule has 27 heavy (non-hydrogen) atoms. The first-order valence-corrected chi connectivity index (χ1v) is 11.0. The van der Waals surface area contributed by atoms with Crippen LogP contribution in [0.5, 0.6) is 0 Å². The van der Waals surface area contributed by atoms with Crippen LogP contribution in [0.3, 0.4) is 0 Å². The van der Waals surface area contributed by atoms with E-state index in [1.54, 1.807) is 0 Å². The third kappa shape index (κ3) is 2.82. The van der Waals surface area contributed by atoms with E-state index >= 15 is 0 Å². The molecule has 144 valence electrons. The number of pyridine rings is 1. The van der Waals surface area contributed by atoms with Crippen molar-refractivity contribution in [3.8, 4) is 0 Å². The van der Waals surface area contributed by atoms with Crippen LogP contribution in [0.25, 0.3) is 0 Å². The van der Waals surface area contributed by atoms with Crippen LogP contribution in [0.1, 0.15) is 73.5 Å². The van der Waals surface area contributed by atoms with E-state index in [0.717, 1.165) is 17.9 Å². The second-order valence-electron chi connectivity index (χ2n) is 8.01. The van der Waals surface area contributed by atoms with Crippen LogP contribution < -0.4 is 0 Å². The molecule has 0 aliphatic carbocycles. The van der Waals surface area contributed by atoms with E-state index < -0.39 is 0 Å². The number of aliphatic imine (C=N–C) groups is 1. The van der Waals surface area contributed by atoms with Crippen LogP contribution in [0, 0.1) is 20.8 Å². The van der Waals surface area contributed by atoms with Crippen molar-refractivity contribution in [3.05, 3.63) is 52.6 Å². The summed E-state index contributed by atoms with van der Waals surface area (Å²) in [6.45, 7) is 13.7. The Balaban J connectivity index is 1.89. The fraction of sp³-hybridized carbons (Fsp3) is 0.545. The molecule has 1 fully saturated rings. The summed E-state index contributed by atoms with van der Waals surface area (Å²) < 4.78 is 2.49. The Morgan fingerprint density at radius 2 is 1.96 bits per heavy atom. The summed E-state index contributed by atoms with van der Waals surface area (Å²) in [6.07, 6.45) is 3.05. The van der Waals surface area contributed by atoms with Gasteiger partial charge >= 0.3 is 0 Å². The van der Waals surface area contributed by atoms with Crippen LogP contribution >= 0.6 is 11.8 Å². The zero-order valence-corrected chi connectivity index (χ0v) is 18.0. The number of nitrogens with zero attached hydrogens (tertiary/aromatic N) is 4. The molecule has 0 aromatic carbocycles. The number of thioether (sulfide) groups is 1. The first-order valence-electron chi connectivity index (χ1n) is 10.0. The normalized spacial score (nSPS) is 24.6. The van der Waals surface area contributed by atoms with Crippen LogP contribution in [0.2, 0.25) is 0 Å². The lowest BCUT2D eigenvalue weighted by Gasteiger charge is -2.32. The maximum atomic E-state index is 5.18. The van der Waals surface area contributed by atoms with Gasteiger partial charge in [-0.3, -0.25) is 9.98 Å². The molecule has 4 heterocycles. The van der Waals surface area contributed by atoms with E-state index in [1.165, 1.54) is 27.7 Å². The topological polar surface area (TPSA) is 33.4 Å². The minimum absolute atomic E-state index is 0.0721. The Morgan fingerprint density at radius 1 is 1.19 bits per heavy atom. The number of amidine groups is 1. The van der Waals surface area contributed by atoms with Crippen LogP contribution in [0.4, 0.5) is 0 Å². The Bertz CT molecular complexity index is 868. The highest BCUT2D eigenvalue weighted by atomic mass is 32.2. The van der Waals surface area contributed by atoms with E-state index in [1.807, 2.05) is 24.0 Å². The molecule has 4 nitrogen and oxygen atoms in total. The average Bonchev–Trinajstić information content (AvgIpc) is 3.27. The largest absolute Gasteiger partial charge is 0.346 e. The Morgan fingerprint density at radius 3 is 2.56 bits per heavy atom. The van der Waals surface area contributed by atoms with Gasteiger partial charge in [0.25, 0.3) is 0 Å². The lowest BCUT2D eigenvalue weighted by molar-refractivity contribution is 0.253. The van der Waals surface area contributed by atoms with Crippen LogP contribution in [-0.2, 0) is 0 Å². The molecule has 2 aromatic heterocycles. The first-order chi connectivity index (χ1) is 13.0. The maximum Gasteiger partial charge on any atom is 0.160 e. The molecule has 0 radical (unpaired) electrons. The zero-order chi connectivity index (χ0) is 19.3. The van der Waals surface area contributed by atoms with Crippen molar-refractivity contribution in [2.75, 3.05) is 5.75 Å². The molecule has 2 aromatic rings.